The second kappa shape index (κ2) is 6.23. The first-order valence-corrected chi connectivity index (χ1v) is 6.60. The number of pyridine rings is 1. The van der Waals surface area contributed by atoms with E-state index in [9.17, 15) is 0 Å². The fourth-order valence-corrected chi connectivity index (χ4v) is 1.99. The molecule has 0 aliphatic carbocycles. The van der Waals surface area contributed by atoms with Gasteiger partial charge < -0.3 is 10.1 Å². The molecule has 0 aliphatic heterocycles. The van der Waals surface area contributed by atoms with Gasteiger partial charge in [0.25, 0.3) is 0 Å². The average Bonchev–Trinajstić information content (AvgIpc) is 2.45. The van der Waals surface area contributed by atoms with Crippen molar-refractivity contribution in [1.29, 1.82) is 0 Å². The summed E-state index contributed by atoms with van der Waals surface area (Å²) in [5.74, 6) is 1.80. The van der Waals surface area contributed by atoms with E-state index in [4.69, 9.17) is 4.74 Å². The summed E-state index contributed by atoms with van der Waals surface area (Å²) in [4.78, 5) is 4.64. The zero-order valence-electron chi connectivity index (χ0n) is 11.7. The fourth-order valence-electron chi connectivity index (χ4n) is 1.99. The van der Waals surface area contributed by atoms with E-state index >= 15 is 0 Å². The highest BCUT2D eigenvalue weighted by Crippen LogP contribution is 2.26. The van der Waals surface area contributed by atoms with Gasteiger partial charge in [-0.1, -0.05) is 13.0 Å². The Morgan fingerprint density at radius 3 is 2.74 bits per heavy atom. The van der Waals surface area contributed by atoms with Gasteiger partial charge >= 0.3 is 0 Å². The Morgan fingerprint density at radius 1 is 1.21 bits per heavy atom. The molecule has 3 heteroatoms. The number of hydrogen-bond acceptors (Lipinski definition) is 3. The Bertz CT molecular complexity index is 552. The molecule has 3 nitrogen and oxygen atoms in total. The van der Waals surface area contributed by atoms with Gasteiger partial charge in [0.05, 0.1) is 12.8 Å². The van der Waals surface area contributed by atoms with Crippen LogP contribution in [0.5, 0.6) is 5.75 Å². The molecule has 0 radical (unpaired) electrons. The summed E-state index contributed by atoms with van der Waals surface area (Å²) >= 11 is 0. The summed E-state index contributed by atoms with van der Waals surface area (Å²) < 4.78 is 5.23. The van der Waals surface area contributed by atoms with Crippen molar-refractivity contribution in [1.82, 2.24) is 4.98 Å². The monoisotopic (exact) mass is 256 g/mol. The molecule has 1 aromatic heterocycles. The summed E-state index contributed by atoms with van der Waals surface area (Å²) in [6.07, 6.45) is 1.09. The van der Waals surface area contributed by atoms with Gasteiger partial charge in [-0.15, -0.1) is 0 Å². The van der Waals surface area contributed by atoms with E-state index in [2.05, 4.69) is 30.2 Å². The molecular formula is C16H20N2O. The van der Waals surface area contributed by atoms with Gasteiger partial charge in [0.1, 0.15) is 11.6 Å². The Kier molecular flexibility index (Phi) is 4.39. The maximum atomic E-state index is 5.23. The summed E-state index contributed by atoms with van der Waals surface area (Å²) in [5, 5.41) is 3.31. The lowest BCUT2D eigenvalue weighted by Gasteiger charge is -2.10. The molecule has 100 valence electrons. The van der Waals surface area contributed by atoms with Crippen LogP contribution in [0.4, 0.5) is 5.82 Å². The van der Waals surface area contributed by atoms with Gasteiger partial charge in [0.15, 0.2) is 0 Å². The molecule has 1 aromatic carbocycles. The molecule has 0 aliphatic rings. The van der Waals surface area contributed by atoms with Crippen LogP contribution in [0, 0.1) is 6.92 Å². The average molecular weight is 256 g/mol. The Labute approximate surface area is 114 Å². The predicted octanol–water partition coefficient (Wildman–Crippen LogP) is 3.89. The first-order chi connectivity index (χ1) is 9.24. The topological polar surface area (TPSA) is 34.1 Å². The molecule has 0 unspecified atom stereocenters. The quantitative estimate of drug-likeness (QED) is 0.881. The standard InChI is InChI=1S/C16H20N2O/c1-4-10-17-16-7-5-6-15(18-16)14-9-8-13(19-3)11-12(14)2/h5-9,11H,4,10H2,1-3H3,(H,17,18). The largest absolute Gasteiger partial charge is 0.497 e. The van der Waals surface area contributed by atoms with Crippen LogP contribution in [-0.2, 0) is 0 Å². The lowest BCUT2D eigenvalue weighted by molar-refractivity contribution is 0.414. The zero-order chi connectivity index (χ0) is 13.7. The van der Waals surface area contributed by atoms with Crippen LogP contribution in [0.15, 0.2) is 36.4 Å². The van der Waals surface area contributed by atoms with Crippen LogP contribution in [0.25, 0.3) is 11.3 Å². The van der Waals surface area contributed by atoms with Gasteiger partial charge in [0.2, 0.25) is 0 Å². The lowest BCUT2D eigenvalue weighted by atomic mass is 10.0. The maximum Gasteiger partial charge on any atom is 0.126 e. The van der Waals surface area contributed by atoms with Crippen LogP contribution in [-0.4, -0.2) is 18.6 Å². The van der Waals surface area contributed by atoms with Gasteiger partial charge in [-0.25, -0.2) is 4.98 Å². The number of hydrogen-bond donors (Lipinski definition) is 1. The number of aromatic nitrogens is 1. The molecule has 0 saturated heterocycles. The van der Waals surface area contributed by atoms with E-state index in [1.54, 1.807) is 7.11 Å². The summed E-state index contributed by atoms with van der Waals surface area (Å²) in [7, 11) is 1.68. The van der Waals surface area contributed by atoms with E-state index in [-0.39, 0.29) is 0 Å². The zero-order valence-corrected chi connectivity index (χ0v) is 11.7. The van der Waals surface area contributed by atoms with Crippen molar-refractivity contribution >= 4 is 5.82 Å². The predicted molar refractivity (Wildman–Crippen MR) is 79.7 cm³/mol. The van der Waals surface area contributed by atoms with Crippen LogP contribution in [0.2, 0.25) is 0 Å². The third kappa shape index (κ3) is 3.25. The molecule has 0 bridgehead atoms. The molecule has 1 N–H and O–H groups in total. The molecule has 1 heterocycles. The van der Waals surface area contributed by atoms with E-state index in [0.29, 0.717) is 0 Å². The molecular weight excluding hydrogens is 236 g/mol. The third-order valence-electron chi connectivity index (χ3n) is 3.01. The smallest absolute Gasteiger partial charge is 0.126 e. The maximum absolute atomic E-state index is 5.23. The Morgan fingerprint density at radius 2 is 2.05 bits per heavy atom. The van der Waals surface area contributed by atoms with E-state index in [1.165, 1.54) is 5.56 Å². The number of benzene rings is 1. The van der Waals surface area contributed by atoms with Crippen molar-refractivity contribution in [3.8, 4) is 17.0 Å². The van der Waals surface area contributed by atoms with Gasteiger partial charge in [-0.05, 0) is 49.2 Å². The molecule has 0 amide bonds. The number of nitrogens with one attached hydrogen (secondary N) is 1. The van der Waals surface area contributed by atoms with Crippen LogP contribution in [0.3, 0.4) is 0 Å². The SMILES string of the molecule is CCCNc1cccc(-c2ccc(OC)cc2C)n1. The van der Waals surface area contributed by atoms with Crippen LogP contribution in [0.1, 0.15) is 18.9 Å². The summed E-state index contributed by atoms with van der Waals surface area (Å²) in [6, 6.07) is 12.1. The van der Waals surface area contributed by atoms with E-state index < -0.39 is 0 Å². The van der Waals surface area contributed by atoms with Crippen LogP contribution >= 0.6 is 0 Å². The molecule has 0 spiro atoms. The molecule has 0 atom stereocenters. The van der Waals surface area contributed by atoms with E-state index in [0.717, 1.165) is 35.8 Å². The van der Waals surface area contributed by atoms with Crippen LogP contribution < -0.4 is 10.1 Å². The number of aryl methyl sites for hydroxylation is 1. The van der Waals surface area contributed by atoms with Crippen molar-refractivity contribution in [2.24, 2.45) is 0 Å². The molecule has 0 fully saturated rings. The molecule has 2 aromatic rings. The lowest BCUT2D eigenvalue weighted by Crippen LogP contribution is -2.02. The Hall–Kier alpha value is -2.03. The molecule has 19 heavy (non-hydrogen) atoms. The van der Waals surface area contributed by atoms with Crippen molar-refractivity contribution in [2.75, 3.05) is 19.0 Å². The third-order valence-corrected chi connectivity index (χ3v) is 3.01. The Balaban J connectivity index is 2.30. The van der Waals surface area contributed by atoms with Gasteiger partial charge in [-0.3, -0.25) is 0 Å². The highest BCUT2D eigenvalue weighted by Gasteiger charge is 2.05. The second-order valence-corrected chi connectivity index (χ2v) is 4.52. The highest BCUT2D eigenvalue weighted by atomic mass is 16.5. The first kappa shape index (κ1) is 13.4. The molecule has 0 saturated carbocycles. The van der Waals surface area contributed by atoms with Crippen molar-refractivity contribution in [2.45, 2.75) is 20.3 Å². The minimum atomic E-state index is 0.876. The fraction of sp³-hybridized carbons (Fsp3) is 0.312. The number of methoxy groups -OCH3 is 1. The van der Waals surface area contributed by atoms with Gasteiger partial charge in [-0.2, -0.15) is 0 Å². The van der Waals surface area contributed by atoms with Crippen molar-refractivity contribution in [3.63, 3.8) is 0 Å². The minimum Gasteiger partial charge on any atom is -0.497 e. The summed E-state index contributed by atoms with van der Waals surface area (Å²) in [6.45, 7) is 5.16. The number of rotatable bonds is 5. The van der Waals surface area contributed by atoms with E-state index in [1.807, 2.05) is 30.3 Å². The first-order valence-electron chi connectivity index (χ1n) is 6.60. The number of ether oxygens (including phenoxy) is 1. The van der Waals surface area contributed by atoms with Crippen molar-refractivity contribution in [3.05, 3.63) is 42.0 Å². The van der Waals surface area contributed by atoms with Crippen molar-refractivity contribution < 1.29 is 4.74 Å². The normalized spacial score (nSPS) is 10.3. The number of nitrogens with zero attached hydrogens (tertiary/aromatic N) is 1. The second-order valence-electron chi connectivity index (χ2n) is 4.52. The number of anilines is 1. The minimum absolute atomic E-state index is 0.876. The molecule has 2 rings (SSSR count). The van der Waals surface area contributed by atoms with Gasteiger partial charge in [0, 0.05) is 12.1 Å². The highest BCUT2D eigenvalue weighted by molar-refractivity contribution is 5.66. The summed E-state index contributed by atoms with van der Waals surface area (Å²) in [5.41, 5.74) is 3.29.